The highest BCUT2D eigenvalue weighted by Gasteiger charge is 2.22. The van der Waals surface area contributed by atoms with Gasteiger partial charge in [-0.15, -0.1) is 0 Å². The molecule has 3 heteroatoms. The maximum absolute atomic E-state index is 5.81. The summed E-state index contributed by atoms with van der Waals surface area (Å²) in [5, 5.41) is 0. The van der Waals surface area contributed by atoms with Crippen molar-refractivity contribution in [2.24, 2.45) is 0 Å². The lowest BCUT2D eigenvalue weighted by Gasteiger charge is -2.12. The third-order valence-electron chi connectivity index (χ3n) is 3.22. The fourth-order valence-electron chi connectivity index (χ4n) is 1.96. The average Bonchev–Trinajstić information content (AvgIpc) is 2.73. The number of oxazole rings is 1. The number of aryl methyl sites for hydroxylation is 2. The molecule has 1 aromatic heterocycles. The summed E-state index contributed by atoms with van der Waals surface area (Å²) in [5.74, 6) is 2.62. The van der Waals surface area contributed by atoms with E-state index in [9.17, 15) is 0 Å². The van der Waals surface area contributed by atoms with Gasteiger partial charge in [-0.3, -0.25) is 0 Å². The zero-order chi connectivity index (χ0) is 14.8. The molecule has 0 unspecified atom stereocenters. The molecule has 0 atom stereocenters. The summed E-state index contributed by atoms with van der Waals surface area (Å²) >= 11 is 0. The van der Waals surface area contributed by atoms with Crippen LogP contribution in [0, 0.1) is 13.8 Å². The number of nitrogens with zero attached hydrogens (tertiary/aromatic N) is 1. The van der Waals surface area contributed by atoms with Crippen molar-refractivity contribution in [3.8, 4) is 5.75 Å². The maximum Gasteiger partial charge on any atom is 0.199 e. The standard InChI is InChI=1S/C17H23NO2/c1-12-8-6-7-9-15(12)19-11-10-14-13(2)20-16(18-14)17(3,4)5/h6-9H,10-11H2,1-5H3. The van der Waals surface area contributed by atoms with Crippen LogP contribution in [0.25, 0.3) is 0 Å². The minimum atomic E-state index is -0.0557. The van der Waals surface area contributed by atoms with Gasteiger partial charge >= 0.3 is 0 Å². The Kier molecular flexibility index (Phi) is 4.17. The first-order valence-corrected chi connectivity index (χ1v) is 7.03. The first-order chi connectivity index (χ1) is 9.38. The molecule has 108 valence electrons. The summed E-state index contributed by atoms with van der Waals surface area (Å²) in [6, 6.07) is 8.04. The van der Waals surface area contributed by atoms with Crippen LogP contribution in [-0.2, 0) is 11.8 Å². The zero-order valence-corrected chi connectivity index (χ0v) is 13.0. The molecule has 3 nitrogen and oxygen atoms in total. The van der Waals surface area contributed by atoms with Crippen LogP contribution in [0.15, 0.2) is 28.7 Å². The number of para-hydroxylation sites is 1. The van der Waals surface area contributed by atoms with Gasteiger partial charge in [0.2, 0.25) is 0 Å². The maximum atomic E-state index is 5.81. The smallest absolute Gasteiger partial charge is 0.199 e. The quantitative estimate of drug-likeness (QED) is 0.837. The van der Waals surface area contributed by atoms with Gasteiger partial charge in [0.25, 0.3) is 0 Å². The predicted molar refractivity (Wildman–Crippen MR) is 80.3 cm³/mol. The van der Waals surface area contributed by atoms with Crippen LogP contribution >= 0.6 is 0 Å². The molecule has 0 saturated carbocycles. The lowest BCUT2D eigenvalue weighted by Crippen LogP contribution is -2.11. The lowest BCUT2D eigenvalue weighted by molar-refractivity contribution is 0.318. The Morgan fingerprint density at radius 2 is 1.85 bits per heavy atom. The van der Waals surface area contributed by atoms with E-state index < -0.39 is 0 Å². The van der Waals surface area contributed by atoms with Crippen molar-refractivity contribution >= 4 is 0 Å². The van der Waals surface area contributed by atoms with Crippen LogP contribution in [0.1, 0.15) is 43.7 Å². The van der Waals surface area contributed by atoms with Crippen LogP contribution in [0.2, 0.25) is 0 Å². The van der Waals surface area contributed by atoms with Crippen molar-refractivity contribution in [1.82, 2.24) is 4.98 Å². The molecule has 0 aliphatic rings. The van der Waals surface area contributed by atoms with Gasteiger partial charge in [-0.1, -0.05) is 39.0 Å². The molecule has 2 aromatic rings. The molecular weight excluding hydrogens is 250 g/mol. The number of rotatable bonds is 4. The van der Waals surface area contributed by atoms with Gasteiger partial charge in [-0.25, -0.2) is 4.98 Å². The Labute approximate surface area is 121 Å². The third kappa shape index (κ3) is 3.41. The van der Waals surface area contributed by atoms with Gasteiger partial charge in [-0.2, -0.15) is 0 Å². The van der Waals surface area contributed by atoms with E-state index in [-0.39, 0.29) is 5.41 Å². The minimum absolute atomic E-state index is 0.0557. The Hall–Kier alpha value is -1.77. The second-order valence-electron chi connectivity index (χ2n) is 6.14. The first-order valence-electron chi connectivity index (χ1n) is 7.03. The Morgan fingerprint density at radius 1 is 1.15 bits per heavy atom. The highest BCUT2D eigenvalue weighted by atomic mass is 16.5. The molecule has 0 fully saturated rings. The molecule has 0 radical (unpaired) electrons. The largest absolute Gasteiger partial charge is 0.493 e. The highest BCUT2D eigenvalue weighted by Crippen LogP contribution is 2.24. The van der Waals surface area contributed by atoms with Gasteiger partial charge in [0, 0.05) is 11.8 Å². The van der Waals surface area contributed by atoms with E-state index in [0.29, 0.717) is 6.61 Å². The summed E-state index contributed by atoms with van der Waals surface area (Å²) in [7, 11) is 0. The summed E-state index contributed by atoms with van der Waals surface area (Å²) in [6.07, 6.45) is 0.764. The molecular formula is C17H23NO2. The average molecular weight is 273 g/mol. The second-order valence-corrected chi connectivity index (χ2v) is 6.14. The molecule has 1 heterocycles. The minimum Gasteiger partial charge on any atom is -0.493 e. The molecule has 20 heavy (non-hydrogen) atoms. The van der Waals surface area contributed by atoms with Crippen molar-refractivity contribution in [2.75, 3.05) is 6.61 Å². The normalized spacial score (nSPS) is 11.7. The Morgan fingerprint density at radius 3 is 2.45 bits per heavy atom. The lowest BCUT2D eigenvalue weighted by atomic mass is 9.97. The van der Waals surface area contributed by atoms with E-state index in [4.69, 9.17) is 9.15 Å². The molecule has 0 amide bonds. The van der Waals surface area contributed by atoms with Crippen molar-refractivity contribution in [2.45, 2.75) is 46.5 Å². The van der Waals surface area contributed by atoms with Crippen molar-refractivity contribution < 1.29 is 9.15 Å². The van der Waals surface area contributed by atoms with Crippen LogP contribution in [-0.4, -0.2) is 11.6 Å². The zero-order valence-electron chi connectivity index (χ0n) is 13.0. The summed E-state index contributed by atoms with van der Waals surface area (Å²) in [5.41, 5.74) is 2.09. The molecule has 2 rings (SSSR count). The van der Waals surface area contributed by atoms with Crippen molar-refractivity contribution in [3.05, 3.63) is 47.2 Å². The van der Waals surface area contributed by atoms with E-state index in [2.05, 4.69) is 25.8 Å². The number of hydrogen-bond donors (Lipinski definition) is 0. The van der Waals surface area contributed by atoms with Gasteiger partial charge in [0.15, 0.2) is 5.89 Å². The van der Waals surface area contributed by atoms with Crippen molar-refractivity contribution in [1.29, 1.82) is 0 Å². The molecule has 0 aliphatic carbocycles. The third-order valence-corrected chi connectivity index (χ3v) is 3.22. The molecule has 0 aliphatic heterocycles. The molecule has 0 bridgehead atoms. The molecule has 0 saturated heterocycles. The van der Waals surface area contributed by atoms with E-state index in [1.54, 1.807) is 0 Å². The monoisotopic (exact) mass is 273 g/mol. The van der Waals surface area contributed by atoms with Crippen LogP contribution < -0.4 is 4.74 Å². The summed E-state index contributed by atoms with van der Waals surface area (Å²) in [6.45, 7) is 10.9. The predicted octanol–water partition coefficient (Wildman–Crippen LogP) is 4.21. The molecule has 1 aromatic carbocycles. The van der Waals surface area contributed by atoms with Crippen LogP contribution in [0.4, 0.5) is 0 Å². The summed E-state index contributed by atoms with van der Waals surface area (Å²) < 4.78 is 11.5. The topological polar surface area (TPSA) is 35.3 Å². The van der Waals surface area contributed by atoms with Crippen LogP contribution in [0.3, 0.4) is 0 Å². The SMILES string of the molecule is Cc1ccccc1OCCc1nc(C(C)(C)C)oc1C. The van der Waals surface area contributed by atoms with E-state index >= 15 is 0 Å². The fraction of sp³-hybridized carbons (Fsp3) is 0.471. The number of hydrogen-bond acceptors (Lipinski definition) is 3. The molecule has 0 spiro atoms. The number of aromatic nitrogens is 1. The first kappa shape index (κ1) is 14.6. The number of ether oxygens (including phenoxy) is 1. The number of benzene rings is 1. The fourth-order valence-corrected chi connectivity index (χ4v) is 1.96. The summed E-state index contributed by atoms with van der Waals surface area (Å²) in [4.78, 5) is 4.59. The van der Waals surface area contributed by atoms with E-state index in [1.807, 2.05) is 38.1 Å². The Bertz CT molecular complexity index is 579. The highest BCUT2D eigenvalue weighted by molar-refractivity contribution is 5.31. The van der Waals surface area contributed by atoms with Gasteiger partial charge in [-0.05, 0) is 25.5 Å². The van der Waals surface area contributed by atoms with Crippen LogP contribution in [0.5, 0.6) is 5.75 Å². The molecule has 0 N–H and O–H groups in total. The van der Waals surface area contributed by atoms with Gasteiger partial charge in [0.1, 0.15) is 11.5 Å². The van der Waals surface area contributed by atoms with Gasteiger partial charge in [0.05, 0.1) is 12.3 Å². The van der Waals surface area contributed by atoms with E-state index in [0.717, 1.165) is 35.1 Å². The second kappa shape index (κ2) is 5.70. The van der Waals surface area contributed by atoms with E-state index in [1.165, 1.54) is 0 Å². The van der Waals surface area contributed by atoms with Crippen molar-refractivity contribution in [3.63, 3.8) is 0 Å². The van der Waals surface area contributed by atoms with Gasteiger partial charge < -0.3 is 9.15 Å². The Balaban J connectivity index is 1.98.